The molecule has 0 aromatic rings. The van der Waals surface area contributed by atoms with E-state index in [-0.39, 0.29) is 0 Å². The Bertz CT molecular complexity index is 137. The minimum absolute atomic E-state index is 0.403. The molecule has 0 N–H and O–H groups in total. The smallest absolute Gasteiger partial charge is 0.164 e. The summed E-state index contributed by atoms with van der Waals surface area (Å²) in [4.78, 5) is 0. The Morgan fingerprint density at radius 2 is 1.77 bits per heavy atom. The molecule has 2 nitrogen and oxygen atoms in total. The molecular formula is C11H22O2. The summed E-state index contributed by atoms with van der Waals surface area (Å²) in [5.41, 5.74) is 0. The van der Waals surface area contributed by atoms with Crippen LogP contribution in [-0.2, 0) is 9.47 Å². The van der Waals surface area contributed by atoms with E-state index < -0.39 is 5.79 Å². The van der Waals surface area contributed by atoms with Gasteiger partial charge >= 0.3 is 0 Å². The maximum absolute atomic E-state index is 5.25. The van der Waals surface area contributed by atoms with Crippen molar-refractivity contribution in [2.24, 2.45) is 0 Å². The minimum atomic E-state index is -0.403. The molecule has 0 aliphatic rings. The van der Waals surface area contributed by atoms with Crippen LogP contribution >= 0.6 is 0 Å². The van der Waals surface area contributed by atoms with Gasteiger partial charge < -0.3 is 9.47 Å². The number of rotatable bonds is 7. The molecule has 0 radical (unpaired) electrons. The summed E-state index contributed by atoms with van der Waals surface area (Å²) in [7, 11) is 3.37. The van der Waals surface area contributed by atoms with E-state index in [2.05, 4.69) is 19.1 Å². The van der Waals surface area contributed by atoms with E-state index in [0.717, 1.165) is 25.7 Å². The first-order valence-electron chi connectivity index (χ1n) is 4.94. The molecule has 2 heteroatoms. The van der Waals surface area contributed by atoms with Crippen molar-refractivity contribution in [1.82, 2.24) is 0 Å². The number of methoxy groups -OCH3 is 2. The Balaban J connectivity index is 3.55. The van der Waals surface area contributed by atoms with Crippen molar-refractivity contribution in [2.75, 3.05) is 14.2 Å². The van der Waals surface area contributed by atoms with Crippen LogP contribution in [-0.4, -0.2) is 20.0 Å². The lowest BCUT2D eigenvalue weighted by Crippen LogP contribution is -2.29. The lowest BCUT2D eigenvalue weighted by atomic mass is 10.1. The van der Waals surface area contributed by atoms with Gasteiger partial charge in [0.05, 0.1) is 0 Å². The molecule has 0 aliphatic heterocycles. The highest BCUT2D eigenvalue weighted by Crippen LogP contribution is 2.18. The lowest BCUT2D eigenvalue weighted by Gasteiger charge is -2.25. The van der Waals surface area contributed by atoms with Gasteiger partial charge in [0.2, 0.25) is 0 Å². The van der Waals surface area contributed by atoms with E-state index >= 15 is 0 Å². The monoisotopic (exact) mass is 186 g/mol. The van der Waals surface area contributed by atoms with Gasteiger partial charge in [0.1, 0.15) is 0 Å². The highest BCUT2D eigenvalue weighted by Gasteiger charge is 2.20. The molecule has 0 aromatic carbocycles. The highest BCUT2D eigenvalue weighted by atomic mass is 16.7. The zero-order chi connectivity index (χ0) is 10.2. The molecule has 0 amide bonds. The number of ether oxygens (including phenoxy) is 2. The second-order valence-electron chi connectivity index (χ2n) is 3.31. The van der Waals surface area contributed by atoms with E-state index in [1.54, 1.807) is 14.2 Å². The molecule has 0 fully saturated rings. The fraction of sp³-hybridized carbons (Fsp3) is 0.818. The number of unbranched alkanes of at least 4 members (excludes halogenated alkanes) is 1. The molecule has 0 aliphatic carbocycles. The van der Waals surface area contributed by atoms with Crippen molar-refractivity contribution in [3.05, 3.63) is 12.2 Å². The number of allylic oxidation sites excluding steroid dienone is 2. The molecule has 0 rings (SSSR count). The SMILES string of the molecule is CCC=CCCCC(C)(OC)OC. The van der Waals surface area contributed by atoms with Crippen molar-refractivity contribution in [2.45, 2.75) is 45.3 Å². The molecule has 0 spiro atoms. The maximum atomic E-state index is 5.25. The molecule has 0 heterocycles. The summed E-state index contributed by atoms with van der Waals surface area (Å²) in [6.07, 6.45) is 8.67. The van der Waals surface area contributed by atoms with Gasteiger partial charge in [-0.25, -0.2) is 0 Å². The molecule has 0 saturated heterocycles. The van der Waals surface area contributed by atoms with Gasteiger partial charge in [0.15, 0.2) is 5.79 Å². The molecule has 78 valence electrons. The summed E-state index contributed by atoms with van der Waals surface area (Å²) in [6, 6.07) is 0. The maximum Gasteiger partial charge on any atom is 0.164 e. The first-order valence-corrected chi connectivity index (χ1v) is 4.94. The average molecular weight is 186 g/mol. The molecule has 0 atom stereocenters. The zero-order valence-electron chi connectivity index (χ0n) is 9.30. The predicted octanol–water partition coefficient (Wildman–Crippen LogP) is 3.13. The lowest BCUT2D eigenvalue weighted by molar-refractivity contribution is -0.197. The van der Waals surface area contributed by atoms with Crippen molar-refractivity contribution in [3.63, 3.8) is 0 Å². The molecule has 0 bridgehead atoms. The normalized spacial score (nSPS) is 12.6. The minimum Gasteiger partial charge on any atom is -0.353 e. The van der Waals surface area contributed by atoms with Crippen LogP contribution in [0.25, 0.3) is 0 Å². The van der Waals surface area contributed by atoms with Gasteiger partial charge in [-0.05, 0) is 26.2 Å². The fourth-order valence-electron chi connectivity index (χ4n) is 1.11. The molecule has 13 heavy (non-hydrogen) atoms. The Labute approximate surface area is 81.9 Å². The molecule has 0 aromatic heterocycles. The third-order valence-corrected chi connectivity index (χ3v) is 2.27. The van der Waals surface area contributed by atoms with Crippen molar-refractivity contribution < 1.29 is 9.47 Å². The van der Waals surface area contributed by atoms with Crippen LogP contribution in [0.2, 0.25) is 0 Å². The standard InChI is InChI=1S/C11H22O2/c1-5-6-7-8-9-10-11(2,12-3)13-4/h6-7H,5,8-10H2,1-4H3. The van der Waals surface area contributed by atoms with Crippen LogP contribution < -0.4 is 0 Å². The number of hydrogen-bond donors (Lipinski definition) is 0. The third kappa shape index (κ3) is 5.83. The van der Waals surface area contributed by atoms with Crippen molar-refractivity contribution >= 4 is 0 Å². The molecule has 0 saturated carbocycles. The van der Waals surface area contributed by atoms with E-state index in [9.17, 15) is 0 Å². The van der Waals surface area contributed by atoms with E-state index in [4.69, 9.17) is 9.47 Å². The quantitative estimate of drug-likeness (QED) is 0.345. The average Bonchev–Trinajstić information content (AvgIpc) is 2.17. The van der Waals surface area contributed by atoms with Crippen LogP contribution in [0.15, 0.2) is 12.2 Å². The summed E-state index contributed by atoms with van der Waals surface area (Å²) in [5, 5.41) is 0. The van der Waals surface area contributed by atoms with Gasteiger partial charge in [-0.15, -0.1) is 0 Å². The van der Waals surface area contributed by atoms with Crippen LogP contribution in [0.4, 0.5) is 0 Å². The van der Waals surface area contributed by atoms with Gasteiger partial charge in [-0.2, -0.15) is 0 Å². The van der Waals surface area contributed by atoms with Gasteiger partial charge in [0, 0.05) is 20.6 Å². The topological polar surface area (TPSA) is 18.5 Å². The Kier molecular flexibility index (Phi) is 6.92. The predicted molar refractivity (Wildman–Crippen MR) is 55.7 cm³/mol. The summed E-state index contributed by atoms with van der Waals surface area (Å²) >= 11 is 0. The van der Waals surface area contributed by atoms with E-state index in [0.29, 0.717) is 0 Å². The van der Waals surface area contributed by atoms with Crippen LogP contribution in [0, 0.1) is 0 Å². The summed E-state index contributed by atoms with van der Waals surface area (Å²) < 4.78 is 10.5. The summed E-state index contributed by atoms with van der Waals surface area (Å²) in [5.74, 6) is -0.403. The largest absolute Gasteiger partial charge is 0.353 e. The summed E-state index contributed by atoms with van der Waals surface area (Å²) in [6.45, 7) is 4.11. The van der Waals surface area contributed by atoms with Gasteiger partial charge in [0.25, 0.3) is 0 Å². The molecule has 0 unspecified atom stereocenters. The third-order valence-electron chi connectivity index (χ3n) is 2.27. The fourth-order valence-corrected chi connectivity index (χ4v) is 1.11. The van der Waals surface area contributed by atoms with Gasteiger partial charge in [-0.1, -0.05) is 19.1 Å². The Morgan fingerprint density at radius 3 is 2.23 bits per heavy atom. The number of hydrogen-bond acceptors (Lipinski definition) is 2. The van der Waals surface area contributed by atoms with Crippen LogP contribution in [0.3, 0.4) is 0 Å². The van der Waals surface area contributed by atoms with Crippen molar-refractivity contribution in [1.29, 1.82) is 0 Å². The van der Waals surface area contributed by atoms with Crippen molar-refractivity contribution in [3.8, 4) is 0 Å². The zero-order valence-corrected chi connectivity index (χ0v) is 9.30. The molecular weight excluding hydrogens is 164 g/mol. The van der Waals surface area contributed by atoms with Crippen LogP contribution in [0.1, 0.15) is 39.5 Å². The van der Waals surface area contributed by atoms with Gasteiger partial charge in [-0.3, -0.25) is 0 Å². The van der Waals surface area contributed by atoms with E-state index in [1.165, 1.54) is 0 Å². The Hall–Kier alpha value is -0.340. The highest BCUT2D eigenvalue weighted by molar-refractivity contribution is 4.80. The Morgan fingerprint density at radius 1 is 1.15 bits per heavy atom. The second-order valence-corrected chi connectivity index (χ2v) is 3.31. The first-order chi connectivity index (χ1) is 6.18. The first kappa shape index (κ1) is 12.7. The second kappa shape index (κ2) is 7.10. The van der Waals surface area contributed by atoms with Crippen LogP contribution in [0.5, 0.6) is 0 Å². The van der Waals surface area contributed by atoms with E-state index in [1.807, 2.05) is 6.92 Å².